The van der Waals surface area contributed by atoms with Crippen LogP contribution >= 0.6 is 11.8 Å². The predicted molar refractivity (Wildman–Crippen MR) is 92.0 cm³/mol. The van der Waals surface area contributed by atoms with Crippen LogP contribution in [0.5, 0.6) is 0 Å². The van der Waals surface area contributed by atoms with Crippen LogP contribution < -0.4 is 0 Å². The van der Waals surface area contributed by atoms with Crippen molar-refractivity contribution in [3.05, 3.63) is 37.1 Å². The third kappa shape index (κ3) is 4.18. The van der Waals surface area contributed by atoms with Crippen molar-refractivity contribution in [1.29, 1.82) is 0 Å². The lowest BCUT2D eigenvalue weighted by Crippen LogP contribution is -2.25. The zero-order chi connectivity index (χ0) is 15.8. The van der Waals surface area contributed by atoms with Gasteiger partial charge >= 0.3 is 0 Å². The van der Waals surface area contributed by atoms with Gasteiger partial charge < -0.3 is 4.90 Å². The summed E-state index contributed by atoms with van der Waals surface area (Å²) in [5, 5.41) is 9.56. The summed E-state index contributed by atoms with van der Waals surface area (Å²) in [6, 6.07) is 5.81. The molecule has 0 radical (unpaired) electrons. The average molecular weight is 317 g/mol. The summed E-state index contributed by atoms with van der Waals surface area (Å²) in [7, 11) is 0. The number of pyridine rings is 1. The van der Waals surface area contributed by atoms with Crippen molar-refractivity contribution in [2.75, 3.05) is 25.4 Å². The van der Waals surface area contributed by atoms with E-state index in [-0.39, 0.29) is 0 Å². The minimum Gasteiger partial charge on any atom is -0.303 e. The maximum atomic E-state index is 4.37. The van der Waals surface area contributed by atoms with Crippen molar-refractivity contribution in [3.8, 4) is 11.5 Å². The summed E-state index contributed by atoms with van der Waals surface area (Å²) in [6.07, 6.45) is 3.64. The minimum atomic E-state index is 0.687. The van der Waals surface area contributed by atoms with Crippen LogP contribution in [0.4, 0.5) is 0 Å². The molecule has 0 aliphatic carbocycles. The molecule has 5 nitrogen and oxygen atoms in total. The lowest BCUT2D eigenvalue weighted by Gasteiger charge is -2.17. The van der Waals surface area contributed by atoms with E-state index in [0.29, 0.717) is 6.54 Å². The summed E-state index contributed by atoms with van der Waals surface area (Å²) >= 11 is 1.73. The van der Waals surface area contributed by atoms with E-state index in [1.54, 1.807) is 18.0 Å². The van der Waals surface area contributed by atoms with Gasteiger partial charge in [-0.1, -0.05) is 37.8 Å². The first-order chi connectivity index (χ1) is 10.8. The third-order valence-corrected chi connectivity index (χ3v) is 4.40. The first-order valence-electron chi connectivity index (χ1n) is 7.60. The standard InChI is InChI=1S/C16H23N5S/c1-4-11-21-15(14-9-7-8-10-17-14)18-19-16(21)22-13-12-20(5-2)6-3/h4,7-10H,1,5-6,11-13H2,2-3H3. The second-order valence-electron chi connectivity index (χ2n) is 4.80. The predicted octanol–water partition coefficient (Wildman–Crippen LogP) is 2.96. The molecule has 0 spiro atoms. The van der Waals surface area contributed by atoms with Gasteiger partial charge in [0.05, 0.1) is 0 Å². The fraction of sp³-hybridized carbons (Fsp3) is 0.438. The molecule has 0 saturated carbocycles. The molecule has 0 bridgehead atoms. The maximum absolute atomic E-state index is 4.37. The van der Waals surface area contributed by atoms with E-state index < -0.39 is 0 Å². The van der Waals surface area contributed by atoms with Crippen LogP contribution in [0.2, 0.25) is 0 Å². The molecule has 0 aliphatic heterocycles. The quantitative estimate of drug-likeness (QED) is 0.525. The monoisotopic (exact) mass is 317 g/mol. The highest BCUT2D eigenvalue weighted by Gasteiger charge is 2.14. The highest BCUT2D eigenvalue weighted by atomic mass is 32.2. The van der Waals surface area contributed by atoms with Gasteiger partial charge in [0.2, 0.25) is 0 Å². The van der Waals surface area contributed by atoms with Crippen LogP contribution in [-0.4, -0.2) is 50.0 Å². The molecule has 2 heterocycles. The van der Waals surface area contributed by atoms with Crippen molar-refractivity contribution in [2.24, 2.45) is 0 Å². The number of hydrogen-bond acceptors (Lipinski definition) is 5. The van der Waals surface area contributed by atoms with Gasteiger partial charge in [-0.3, -0.25) is 9.55 Å². The maximum Gasteiger partial charge on any atom is 0.191 e. The molecule has 6 heteroatoms. The largest absolute Gasteiger partial charge is 0.303 e. The lowest BCUT2D eigenvalue weighted by atomic mass is 10.3. The molecule has 0 atom stereocenters. The van der Waals surface area contributed by atoms with E-state index in [2.05, 4.69) is 45.1 Å². The molecule has 0 saturated heterocycles. The molecule has 2 rings (SSSR count). The van der Waals surface area contributed by atoms with E-state index in [9.17, 15) is 0 Å². The number of thioether (sulfide) groups is 1. The summed E-state index contributed by atoms with van der Waals surface area (Å²) < 4.78 is 2.07. The molecule has 0 unspecified atom stereocenters. The first kappa shape index (κ1) is 16.7. The highest BCUT2D eigenvalue weighted by molar-refractivity contribution is 7.99. The summed E-state index contributed by atoms with van der Waals surface area (Å²) in [4.78, 5) is 6.77. The fourth-order valence-corrected chi connectivity index (χ4v) is 3.13. The SMILES string of the molecule is C=CCn1c(SCCN(CC)CC)nnc1-c1ccccn1. The van der Waals surface area contributed by atoms with Crippen molar-refractivity contribution >= 4 is 11.8 Å². The molecule has 0 aliphatic rings. The zero-order valence-corrected chi connectivity index (χ0v) is 14.1. The van der Waals surface area contributed by atoms with Gasteiger partial charge in [0.15, 0.2) is 11.0 Å². The highest BCUT2D eigenvalue weighted by Crippen LogP contribution is 2.22. The van der Waals surface area contributed by atoms with Crippen LogP contribution in [-0.2, 0) is 6.54 Å². The van der Waals surface area contributed by atoms with E-state index in [0.717, 1.165) is 42.1 Å². The smallest absolute Gasteiger partial charge is 0.191 e. The molecule has 22 heavy (non-hydrogen) atoms. The lowest BCUT2D eigenvalue weighted by molar-refractivity contribution is 0.324. The second-order valence-corrected chi connectivity index (χ2v) is 5.86. The van der Waals surface area contributed by atoms with Crippen LogP contribution in [0.15, 0.2) is 42.2 Å². The first-order valence-corrected chi connectivity index (χ1v) is 8.59. The van der Waals surface area contributed by atoms with Crippen molar-refractivity contribution < 1.29 is 0 Å². The zero-order valence-electron chi connectivity index (χ0n) is 13.3. The Morgan fingerprint density at radius 3 is 2.73 bits per heavy atom. The van der Waals surface area contributed by atoms with Crippen LogP contribution in [0.3, 0.4) is 0 Å². The topological polar surface area (TPSA) is 46.8 Å². The van der Waals surface area contributed by atoms with Gasteiger partial charge in [-0.25, -0.2) is 0 Å². The molecule has 0 aromatic carbocycles. The molecule has 2 aromatic rings. The van der Waals surface area contributed by atoms with E-state index in [4.69, 9.17) is 0 Å². The van der Waals surface area contributed by atoms with Crippen LogP contribution in [0.1, 0.15) is 13.8 Å². The minimum absolute atomic E-state index is 0.687. The Balaban J connectivity index is 2.11. The number of aromatic nitrogens is 4. The average Bonchev–Trinajstić information content (AvgIpc) is 2.96. The molecule has 0 N–H and O–H groups in total. The fourth-order valence-electron chi connectivity index (χ4n) is 2.18. The van der Waals surface area contributed by atoms with Gasteiger partial charge in [0.1, 0.15) is 5.69 Å². The molecule has 2 aromatic heterocycles. The Morgan fingerprint density at radius 2 is 2.09 bits per heavy atom. The van der Waals surface area contributed by atoms with Crippen LogP contribution in [0, 0.1) is 0 Å². The van der Waals surface area contributed by atoms with Crippen molar-refractivity contribution in [1.82, 2.24) is 24.6 Å². The number of allylic oxidation sites excluding steroid dienone is 1. The van der Waals surface area contributed by atoms with Crippen molar-refractivity contribution in [3.63, 3.8) is 0 Å². The Hall–Kier alpha value is -1.66. The number of nitrogens with zero attached hydrogens (tertiary/aromatic N) is 5. The summed E-state index contributed by atoms with van der Waals surface area (Å²) in [6.45, 7) is 12.1. The summed E-state index contributed by atoms with van der Waals surface area (Å²) in [5.74, 6) is 1.80. The van der Waals surface area contributed by atoms with Gasteiger partial charge in [0.25, 0.3) is 0 Å². The molecular weight excluding hydrogens is 294 g/mol. The van der Waals surface area contributed by atoms with E-state index in [1.165, 1.54) is 0 Å². The van der Waals surface area contributed by atoms with E-state index in [1.807, 2.05) is 24.3 Å². The Morgan fingerprint density at radius 1 is 1.27 bits per heavy atom. The number of hydrogen-bond donors (Lipinski definition) is 0. The Labute approximate surface area is 136 Å². The number of rotatable bonds is 9. The van der Waals surface area contributed by atoms with Gasteiger partial charge in [0, 0.05) is 25.0 Å². The van der Waals surface area contributed by atoms with Gasteiger partial charge in [-0.15, -0.1) is 16.8 Å². The van der Waals surface area contributed by atoms with Gasteiger partial charge in [-0.05, 0) is 25.2 Å². The molecular formula is C16H23N5S. The Bertz CT molecular complexity index is 577. The molecule has 0 amide bonds. The van der Waals surface area contributed by atoms with Crippen molar-refractivity contribution in [2.45, 2.75) is 25.5 Å². The second kappa shape index (κ2) is 8.70. The van der Waals surface area contributed by atoms with E-state index >= 15 is 0 Å². The van der Waals surface area contributed by atoms with Gasteiger partial charge in [-0.2, -0.15) is 0 Å². The normalized spacial score (nSPS) is 11.0. The molecule has 0 fully saturated rings. The third-order valence-electron chi connectivity index (χ3n) is 3.46. The Kier molecular flexibility index (Phi) is 6.61. The van der Waals surface area contributed by atoms with Crippen LogP contribution in [0.25, 0.3) is 11.5 Å². The molecule has 118 valence electrons. The summed E-state index contributed by atoms with van der Waals surface area (Å²) in [5.41, 5.74) is 0.840.